The minimum Gasteiger partial charge on any atom is -0.494 e. The number of hydrogen-bond acceptors (Lipinski definition) is 5. The molecule has 0 radical (unpaired) electrons. The van der Waals surface area contributed by atoms with E-state index in [0.29, 0.717) is 18.7 Å². The topological polar surface area (TPSA) is 93.7 Å². The number of urea groups is 1. The molecule has 0 aliphatic heterocycles. The molecular formula is C22H24N2O5. The number of ether oxygens (including phenoxy) is 2. The van der Waals surface area contributed by atoms with Crippen LogP contribution in [0.2, 0.25) is 0 Å². The van der Waals surface area contributed by atoms with Crippen molar-refractivity contribution >= 4 is 24.0 Å². The summed E-state index contributed by atoms with van der Waals surface area (Å²) in [5.41, 5.74) is 1.23. The largest absolute Gasteiger partial charge is 0.494 e. The average Bonchev–Trinajstić information content (AvgIpc) is 2.72. The van der Waals surface area contributed by atoms with Gasteiger partial charge in [0.05, 0.1) is 6.61 Å². The Morgan fingerprint density at radius 2 is 1.69 bits per heavy atom. The van der Waals surface area contributed by atoms with Crippen molar-refractivity contribution in [1.29, 1.82) is 0 Å². The van der Waals surface area contributed by atoms with E-state index in [2.05, 4.69) is 10.6 Å². The zero-order valence-corrected chi connectivity index (χ0v) is 16.4. The van der Waals surface area contributed by atoms with Gasteiger partial charge in [0.1, 0.15) is 5.75 Å². The van der Waals surface area contributed by atoms with Crippen LogP contribution in [-0.4, -0.2) is 31.1 Å². The summed E-state index contributed by atoms with van der Waals surface area (Å²) in [6.45, 7) is 4.56. The van der Waals surface area contributed by atoms with E-state index >= 15 is 0 Å². The standard InChI is InChI=1S/C22H24N2O5/c1-3-23-22(27)24-21(26)20(17-8-6-5-7-9-17)29-19(25)15-12-16-10-13-18(14-11-16)28-4-2/h5-15,20H,3-4H2,1-2H3,(H2,23,24,26,27)/b15-12+/t20-/m1/s1. The van der Waals surface area contributed by atoms with E-state index in [4.69, 9.17) is 9.47 Å². The fourth-order valence-corrected chi connectivity index (χ4v) is 2.44. The zero-order chi connectivity index (χ0) is 21.1. The number of rotatable bonds is 8. The summed E-state index contributed by atoms with van der Waals surface area (Å²) in [7, 11) is 0. The van der Waals surface area contributed by atoms with Crippen LogP contribution in [0.25, 0.3) is 6.08 Å². The molecule has 7 nitrogen and oxygen atoms in total. The Labute approximate surface area is 169 Å². The first-order chi connectivity index (χ1) is 14.0. The molecule has 0 saturated carbocycles. The van der Waals surface area contributed by atoms with Gasteiger partial charge >= 0.3 is 12.0 Å². The van der Waals surface area contributed by atoms with Gasteiger partial charge in [0, 0.05) is 18.2 Å². The van der Waals surface area contributed by atoms with Gasteiger partial charge < -0.3 is 14.8 Å². The highest BCUT2D eigenvalue weighted by Gasteiger charge is 2.25. The summed E-state index contributed by atoms with van der Waals surface area (Å²) in [5.74, 6) is -0.706. The average molecular weight is 396 g/mol. The minimum atomic E-state index is -1.25. The molecule has 2 N–H and O–H groups in total. The molecule has 0 aliphatic rings. The van der Waals surface area contributed by atoms with Crippen LogP contribution in [0.4, 0.5) is 4.79 Å². The molecule has 0 fully saturated rings. The third-order valence-corrected chi connectivity index (χ3v) is 3.75. The lowest BCUT2D eigenvalue weighted by Gasteiger charge is -2.16. The minimum absolute atomic E-state index is 0.361. The van der Waals surface area contributed by atoms with Crippen molar-refractivity contribution in [2.24, 2.45) is 0 Å². The van der Waals surface area contributed by atoms with Crippen LogP contribution in [0.1, 0.15) is 31.1 Å². The lowest BCUT2D eigenvalue weighted by Crippen LogP contribution is -2.42. The lowest BCUT2D eigenvalue weighted by molar-refractivity contribution is -0.151. The van der Waals surface area contributed by atoms with Crippen LogP contribution in [0.5, 0.6) is 5.75 Å². The Kier molecular flexibility index (Phi) is 8.44. The third kappa shape index (κ3) is 7.14. The predicted octanol–water partition coefficient (Wildman–Crippen LogP) is 3.23. The second-order valence-corrected chi connectivity index (χ2v) is 5.91. The Morgan fingerprint density at radius 1 is 1.00 bits per heavy atom. The molecule has 0 aliphatic carbocycles. The third-order valence-electron chi connectivity index (χ3n) is 3.75. The van der Waals surface area contributed by atoms with E-state index in [9.17, 15) is 14.4 Å². The van der Waals surface area contributed by atoms with Gasteiger partial charge in [-0.15, -0.1) is 0 Å². The summed E-state index contributed by atoms with van der Waals surface area (Å²) >= 11 is 0. The highest BCUT2D eigenvalue weighted by atomic mass is 16.5. The first kappa shape index (κ1) is 21.7. The number of amides is 3. The fourth-order valence-electron chi connectivity index (χ4n) is 2.44. The number of imide groups is 1. The van der Waals surface area contributed by atoms with Crippen molar-refractivity contribution in [1.82, 2.24) is 10.6 Å². The highest BCUT2D eigenvalue weighted by Crippen LogP contribution is 2.18. The van der Waals surface area contributed by atoms with E-state index in [1.807, 2.05) is 6.92 Å². The maximum atomic E-state index is 12.5. The number of nitrogens with one attached hydrogen (secondary N) is 2. The van der Waals surface area contributed by atoms with Crippen LogP contribution < -0.4 is 15.4 Å². The Balaban J connectivity index is 2.08. The number of carbonyl (C=O) groups excluding carboxylic acids is 3. The van der Waals surface area contributed by atoms with Crippen LogP contribution in [0.3, 0.4) is 0 Å². The quantitative estimate of drug-likeness (QED) is 0.528. The monoisotopic (exact) mass is 396 g/mol. The molecule has 29 heavy (non-hydrogen) atoms. The Morgan fingerprint density at radius 3 is 2.31 bits per heavy atom. The van der Waals surface area contributed by atoms with E-state index < -0.39 is 24.0 Å². The van der Waals surface area contributed by atoms with Gasteiger partial charge in [-0.1, -0.05) is 42.5 Å². The number of carbonyl (C=O) groups is 3. The van der Waals surface area contributed by atoms with E-state index in [-0.39, 0.29) is 0 Å². The summed E-state index contributed by atoms with van der Waals surface area (Å²) in [6, 6.07) is 15.0. The van der Waals surface area contributed by atoms with E-state index in [1.165, 1.54) is 6.08 Å². The van der Waals surface area contributed by atoms with Crippen molar-refractivity contribution in [3.8, 4) is 5.75 Å². The molecule has 3 amide bonds. The molecule has 2 aromatic rings. The second-order valence-electron chi connectivity index (χ2n) is 5.91. The Bertz CT molecular complexity index is 847. The molecule has 0 saturated heterocycles. The molecule has 0 heterocycles. The van der Waals surface area contributed by atoms with Crippen molar-refractivity contribution in [3.05, 3.63) is 71.8 Å². The second kappa shape index (κ2) is 11.3. The van der Waals surface area contributed by atoms with Crippen LogP contribution in [0.15, 0.2) is 60.7 Å². The highest BCUT2D eigenvalue weighted by molar-refractivity contribution is 5.98. The van der Waals surface area contributed by atoms with Crippen LogP contribution in [0, 0.1) is 0 Å². The van der Waals surface area contributed by atoms with Gasteiger partial charge in [0.15, 0.2) is 0 Å². The summed E-state index contributed by atoms with van der Waals surface area (Å²) < 4.78 is 10.7. The number of esters is 1. The molecule has 0 aromatic heterocycles. The molecule has 1 atom stereocenters. The summed E-state index contributed by atoms with van der Waals surface area (Å²) in [6.07, 6.45) is 1.55. The molecule has 2 rings (SSSR count). The van der Waals surface area contributed by atoms with Crippen molar-refractivity contribution in [3.63, 3.8) is 0 Å². The zero-order valence-electron chi connectivity index (χ0n) is 16.4. The SMILES string of the molecule is CCNC(=O)NC(=O)[C@H](OC(=O)/C=C/c1ccc(OCC)cc1)c1ccccc1. The Hall–Kier alpha value is -3.61. The van der Waals surface area contributed by atoms with E-state index in [0.717, 1.165) is 11.3 Å². The first-order valence-electron chi connectivity index (χ1n) is 9.28. The number of hydrogen-bond donors (Lipinski definition) is 2. The van der Waals surface area contributed by atoms with E-state index in [1.54, 1.807) is 67.6 Å². The van der Waals surface area contributed by atoms with Gasteiger partial charge in [0.2, 0.25) is 6.10 Å². The van der Waals surface area contributed by atoms with Crippen molar-refractivity contribution in [2.45, 2.75) is 20.0 Å². The maximum absolute atomic E-state index is 12.5. The molecule has 0 unspecified atom stereocenters. The smallest absolute Gasteiger partial charge is 0.331 e. The molecule has 0 spiro atoms. The van der Waals surface area contributed by atoms with Crippen molar-refractivity contribution in [2.75, 3.05) is 13.2 Å². The van der Waals surface area contributed by atoms with Crippen molar-refractivity contribution < 1.29 is 23.9 Å². The van der Waals surface area contributed by atoms with Crippen LogP contribution >= 0.6 is 0 Å². The molecule has 152 valence electrons. The predicted molar refractivity (Wildman–Crippen MR) is 109 cm³/mol. The number of benzene rings is 2. The fraction of sp³-hybridized carbons (Fsp3) is 0.227. The molecule has 0 bridgehead atoms. The molecule has 2 aromatic carbocycles. The van der Waals surface area contributed by atoms with Gasteiger partial charge in [-0.05, 0) is 37.6 Å². The van der Waals surface area contributed by atoms with Gasteiger partial charge in [-0.25, -0.2) is 9.59 Å². The summed E-state index contributed by atoms with van der Waals surface area (Å²) in [5, 5.41) is 4.63. The summed E-state index contributed by atoms with van der Waals surface area (Å²) in [4.78, 5) is 36.4. The maximum Gasteiger partial charge on any atom is 0.331 e. The lowest BCUT2D eigenvalue weighted by atomic mass is 10.1. The normalized spacial score (nSPS) is 11.5. The van der Waals surface area contributed by atoms with Crippen LogP contribution in [-0.2, 0) is 14.3 Å². The van der Waals surface area contributed by atoms with Gasteiger partial charge in [0.25, 0.3) is 5.91 Å². The van der Waals surface area contributed by atoms with Gasteiger partial charge in [-0.2, -0.15) is 0 Å². The molecular weight excluding hydrogens is 372 g/mol. The molecule has 7 heteroatoms. The first-order valence-corrected chi connectivity index (χ1v) is 9.28. The van der Waals surface area contributed by atoms with Gasteiger partial charge in [-0.3, -0.25) is 10.1 Å².